The highest BCUT2D eigenvalue weighted by Gasteiger charge is 2.13. The van der Waals surface area contributed by atoms with Gasteiger partial charge in [0.2, 0.25) is 0 Å². The van der Waals surface area contributed by atoms with Crippen LogP contribution >= 0.6 is 15.9 Å². The molecule has 0 atom stereocenters. The Bertz CT molecular complexity index is 1020. The first kappa shape index (κ1) is 15.7. The van der Waals surface area contributed by atoms with Gasteiger partial charge in [0.15, 0.2) is 0 Å². The maximum atomic E-state index is 12.5. The second kappa shape index (κ2) is 6.57. The zero-order valence-electron chi connectivity index (χ0n) is 13.2. The second-order valence-electron chi connectivity index (χ2n) is 5.66. The highest BCUT2D eigenvalue weighted by atomic mass is 79.9. The van der Waals surface area contributed by atoms with Crippen molar-refractivity contribution in [3.63, 3.8) is 0 Å². The molecule has 1 heterocycles. The van der Waals surface area contributed by atoms with Gasteiger partial charge >= 0.3 is 0 Å². The van der Waals surface area contributed by atoms with Crippen molar-refractivity contribution in [2.75, 3.05) is 5.32 Å². The zero-order valence-corrected chi connectivity index (χ0v) is 14.8. The topological polar surface area (TPSA) is 42.2 Å². The molecule has 3 aromatic carbocycles. The lowest BCUT2D eigenvalue weighted by molar-refractivity contribution is 0.102. The standard InChI is InChI=1S/C21H14BrNO2/c22-16-11-9-14(10-12-16)21(24)23-18-7-3-2-6-17(18)20-13-15-5-1-4-8-19(15)25-20/h1-13H,(H,23,24). The Kier molecular flexibility index (Phi) is 4.12. The summed E-state index contributed by atoms with van der Waals surface area (Å²) < 4.78 is 6.88. The van der Waals surface area contributed by atoms with Crippen LogP contribution in [0.1, 0.15) is 10.4 Å². The number of para-hydroxylation sites is 2. The molecule has 0 aliphatic heterocycles. The van der Waals surface area contributed by atoms with Crippen molar-refractivity contribution in [2.24, 2.45) is 0 Å². The molecule has 0 spiro atoms. The van der Waals surface area contributed by atoms with Crippen LogP contribution in [0.5, 0.6) is 0 Å². The van der Waals surface area contributed by atoms with Crippen LogP contribution < -0.4 is 5.32 Å². The van der Waals surface area contributed by atoms with Gasteiger partial charge in [0, 0.05) is 21.0 Å². The van der Waals surface area contributed by atoms with Crippen LogP contribution in [0.3, 0.4) is 0 Å². The number of carbonyl (C=O) groups is 1. The molecule has 0 unspecified atom stereocenters. The monoisotopic (exact) mass is 391 g/mol. The van der Waals surface area contributed by atoms with Crippen molar-refractivity contribution >= 4 is 38.5 Å². The number of anilines is 1. The highest BCUT2D eigenvalue weighted by Crippen LogP contribution is 2.32. The van der Waals surface area contributed by atoms with E-state index in [9.17, 15) is 4.79 Å². The van der Waals surface area contributed by atoms with Crippen LogP contribution in [0.15, 0.2) is 87.8 Å². The summed E-state index contributed by atoms with van der Waals surface area (Å²) >= 11 is 3.38. The van der Waals surface area contributed by atoms with Gasteiger partial charge in [-0.2, -0.15) is 0 Å². The van der Waals surface area contributed by atoms with Gasteiger partial charge in [-0.25, -0.2) is 0 Å². The van der Waals surface area contributed by atoms with E-state index in [1.54, 1.807) is 12.1 Å². The second-order valence-corrected chi connectivity index (χ2v) is 6.57. The number of rotatable bonds is 3. The molecule has 0 aliphatic carbocycles. The Morgan fingerprint density at radius 2 is 1.60 bits per heavy atom. The van der Waals surface area contributed by atoms with Gasteiger partial charge in [0.05, 0.1) is 5.69 Å². The summed E-state index contributed by atoms with van der Waals surface area (Å²) in [6, 6.07) is 24.7. The molecule has 1 amide bonds. The molecule has 0 radical (unpaired) electrons. The molecule has 0 saturated heterocycles. The van der Waals surface area contributed by atoms with Crippen molar-refractivity contribution in [3.8, 4) is 11.3 Å². The van der Waals surface area contributed by atoms with Crippen LogP contribution in [-0.4, -0.2) is 5.91 Å². The molecule has 1 N–H and O–H groups in total. The van der Waals surface area contributed by atoms with Gasteiger partial charge in [-0.05, 0) is 48.5 Å². The van der Waals surface area contributed by atoms with Gasteiger partial charge in [0.1, 0.15) is 11.3 Å². The van der Waals surface area contributed by atoms with Gasteiger partial charge in [-0.3, -0.25) is 4.79 Å². The molecule has 4 aromatic rings. The average molecular weight is 392 g/mol. The van der Waals surface area contributed by atoms with E-state index in [0.29, 0.717) is 5.56 Å². The number of hydrogen-bond donors (Lipinski definition) is 1. The minimum atomic E-state index is -0.156. The lowest BCUT2D eigenvalue weighted by Crippen LogP contribution is -2.12. The maximum Gasteiger partial charge on any atom is 0.255 e. The van der Waals surface area contributed by atoms with Crippen molar-refractivity contribution in [1.29, 1.82) is 0 Å². The maximum absolute atomic E-state index is 12.5. The fourth-order valence-corrected chi connectivity index (χ4v) is 2.98. The molecule has 1 aromatic heterocycles. The third kappa shape index (κ3) is 3.21. The molecule has 0 aliphatic rings. The molecule has 4 heteroatoms. The van der Waals surface area contributed by atoms with E-state index in [4.69, 9.17) is 4.42 Å². The highest BCUT2D eigenvalue weighted by molar-refractivity contribution is 9.10. The normalized spacial score (nSPS) is 10.8. The molecule has 25 heavy (non-hydrogen) atoms. The van der Waals surface area contributed by atoms with Gasteiger partial charge < -0.3 is 9.73 Å². The van der Waals surface area contributed by atoms with Gasteiger partial charge in [-0.1, -0.05) is 46.3 Å². The first-order valence-corrected chi connectivity index (χ1v) is 8.65. The Morgan fingerprint density at radius 1 is 0.880 bits per heavy atom. The summed E-state index contributed by atoms with van der Waals surface area (Å²) in [6.07, 6.45) is 0. The predicted octanol–water partition coefficient (Wildman–Crippen LogP) is 6.11. The Balaban J connectivity index is 1.69. The molecule has 4 rings (SSSR count). The van der Waals surface area contributed by atoms with Crippen LogP contribution in [-0.2, 0) is 0 Å². The van der Waals surface area contributed by atoms with Crippen molar-refractivity contribution in [1.82, 2.24) is 0 Å². The van der Waals surface area contributed by atoms with Crippen LogP contribution in [0, 0.1) is 0 Å². The van der Waals surface area contributed by atoms with E-state index < -0.39 is 0 Å². The molecular weight excluding hydrogens is 378 g/mol. The molecule has 3 nitrogen and oxygen atoms in total. The van der Waals surface area contributed by atoms with E-state index in [0.717, 1.165) is 32.5 Å². The molecule has 122 valence electrons. The minimum Gasteiger partial charge on any atom is -0.456 e. The minimum absolute atomic E-state index is 0.156. The van der Waals surface area contributed by atoms with E-state index in [1.807, 2.05) is 66.7 Å². The smallest absolute Gasteiger partial charge is 0.255 e. The predicted molar refractivity (Wildman–Crippen MR) is 104 cm³/mol. The van der Waals surface area contributed by atoms with Gasteiger partial charge in [0.25, 0.3) is 5.91 Å². The number of nitrogens with one attached hydrogen (secondary N) is 1. The van der Waals surface area contributed by atoms with Crippen LogP contribution in [0.4, 0.5) is 5.69 Å². The SMILES string of the molecule is O=C(Nc1ccccc1-c1cc2ccccc2o1)c1ccc(Br)cc1. The third-order valence-corrected chi connectivity index (χ3v) is 4.50. The summed E-state index contributed by atoms with van der Waals surface area (Å²) in [4.78, 5) is 12.5. The number of amides is 1. The van der Waals surface area contributed by atoms with E-state index in [-0.39, 0.29) is 5.91 Å². The molecular formula is C21H14BrNO2. The lowest BCUT2D eigenvalue weighted by Gasteiger charge is -2.09. The summed E-state index contributed by atoms with van der Waals surface area (Å²) in [5.74, 6) is 0.573. The zero-order chi connectivity index (χ0) is 17.2. The Hall–Kier alpha value is -2.85. The van der Waals surface area contributed by atoms with Gasteiger partial charge in [-0.15, -0.1) is 0 Å². The summed E-state index contributed by atoms with van der Waals surface area (Å²) in [5.41, 5.74) is 2.99. The van der Waals surface area contributed by atoms with Crippen molar-refractivity contribution in [3.05, 3.63) is 88.9 Å². The summed E-state index contributed by atoms with van der Waals surface area (Å²) in [5, 5.41) is 4.01. The Morgan fingerprint density at radius 3 is 2.40 bits per heavy atom. The number of halogens is 1. The van der Waals surface area contributed by atoms with Crippen LogP contribution in [0.2, 0.25) is 0 Å². The summed E-state index contributed by atoms with van der Waals surface area (Å²) in [6.45, 7) is 0. The first-order chi connectivity index (χ1) is 12.2. The average Bonchev–Trinajstić information content (AvgIpc) is 3.06. The van der Waals surface area contributed by atoms with E-state index >= 15 is 0 Å². The van der Waals surface area contributed by atoms with Crippen molar-refractivity contribution < 1.29 is 9.21 Å². The number of carbonyl (C=O) groups excluding carboxylic acids is 1. The fraction of sp³-hybridized carbons (Fsp3) is 0. The largest absolute Gasteiger partial charge is 0.456 e. The lowest BCUT2D eigenvalue weighted by atomic mass is 10.1. The summed E-state index contributed by atoms with van der Waals surface area (Å²) in [7, 11) is 0. The van der Waals surface area contributed by atoms with Crippen molar-refractivity contribution in [2.45, 2.75) is 0 Å². The molecule has 0 saturated carbocycles. The Labute approximate surface area is 153 Å². The fourth-order valence-electron chi connectivity index (χ4n) is 2.72. The van der Waals surface area contributed by atoms with E-state index in [1.165, 1.54) is 0 Å². The molecule has 0 bridgehead atoms. The number of benzene rings is 3. The number of fused-ring (bicyclic) bond motifs is 1. The quantitative estimate of drug-likeness (QED) is 0.457. The first-order valence-electron chi connectivity index (χ1n) is 7.85. The van der Waals surface area contributed by atoms with Crippen LogP contribution in [0.25, 0.3) is 22.3 Å². The number of furan rings is 1. The van der Waals surface area contributed by atoms with E-state index in [2.05, 4.69) is 21.2 Å². The third-order valence-electron chi connectivity index (χ3n) is 3.97. The molecule has 0 fully saturated rings. The number of hydrogen-bond acceptors (Lipinski definition) is 2.